The Hall–Kier alpha value is -3.62. The van der Waals surface area contributed by atoms with Gasteiger partial charge in [-0.1, -0.05) is 30.3 Å². The Morgan fingerprint density at radius 2 is 1.83 bits per heavy atom. The van der Waals surface area contributed by atoms with E-state index in [9.17, 15) is 14.4 Å². The lowest BCUT2D eigenvalue weighted by Gasteiger charge is -2.20. The third kappa shape index (κ3) is 7.49. The molecule has 1 aromatic carbocycles. The smallest absolute Gasteiger partial charge is 0.405 e. The van der Waals surface area contributed by atoms with Gasteiger partial charge in [0.05, 0.1) is 0 Å². The maximum absolute atomic E-state index is 12.5. The molecule has 0 fully saturated rings. The van der Waals surface area contributed by atoms with Crippen LogP contribution in [0.5, 0.6) is 0 Å². The van der Waals surface area contributed by atoms with Gasteiger partial charge in [0.15, 0.2) is 6.10 Å². The first-order chi connectivity index (χ1) is 13.8. The number of carbonyl (C=O) groups excluding carboxylic acids is 3. The van der Waals surface area contributed by atoms with E-state index in [0.29, 0.717) is 12.2 Å². The van der Waals surface area contributed by atoms with Gasteiger partial charge in [0.25, 0.3) is 5.91 Å². The number of rotatable bonds is 9. The van der Waals surface area contributed by atoms with Crippen LogP contribution in [0.2, 0.25) is 0 Å². The van der Waals surface area contributed by atoms with Gasteiger partial charge in [0.2, 0.25) is 5.91 Å². The summed E-state index contributed by atoms with van der Waals surface area (Å²) in [6.07, 6.45) is 0.147. The number of amides is 3. The van der Waals surface area contributed by atoms with Crippen molar-refractivity contribution in [2.24, 2.45) is 5.73 Å². The van der Waals surface area contributed by atoms with Gasteiger partial charge in [-0.3, -0.25) is 9.59 Å². The van der Waals surface area contributed by atoms with Crippen LogP contribution in [-0.4, -0.2) is 35.0 Å². The summed E-state index contributed by atoms with van der Waals surface area (Å²) in [5.41, 5.74) is 12.4. The summed E-state index contributed by atoms with van der Waals surface area (Å²) < 4.78 is 4.93. The highest BCUT2D eigenvalue weighted by molar-refractivity contribution is 5.89. The van der Waals surface area contributed by atoms with Gasteiger partial charge < -0.3 is 26.8 Å². The van der Waals surface area contributed by atoms with Gasteiger partial charge in [0.1, 0.15) is 11.9 Å². The monoisotopic (exact) mass is 399 g/mol. The summed E-state index contributed by atoms with van der Waals surface area (Å²) in [6, 6.07) is 12.0. The lowest BCUT2D eigenvalue weighted by atomic mass is 10.1. The molecule has 2 aromatic rings. The molecule has 0 saturated heterocycles. The van der Waals surface area contributed by atoms with Gasteiger partial charge in [-0.25, -0.2) is 9.78 Å². The molecule has 0 aliphatic rings. The number of hydrogen-bond acceptors (Lipinski definition) is 6. The van der Waals surface area contributed by atoms with Crippen LogP contribution in [0.1, 0.15) is 24.5 Å². The van der Waals surface area contributed by atoms with Crippen molar-refractivity contribution in [2.45, 2.75) is 38.5 Å². The second kappa shape index (κ2) is 10.6. The van der Waals surface area contributed by atoms with Crippen molar-refractivity contribution >= 4 is 23.7 Å². The van der Waals surface area contributed by atoms with Crippen molar-refractivity contribution < 1.29 is 19.1 Å². The van der Waals surface area contributed by atoms with Crippen LogP contribution in [0.3, 0.4) is 0 Å². The van der Waals surface area contributed by atoms with Gasteiger partial charge in [-0.05, 0) is 43.0 Å². The summed E-state index contributed by atoms with van der Waals surface area (Å²) in [4.78, 5) is 39.8. The first kappa shape index (κ1) is 21.7. The molecule has 2 atom stereocenters. The lowest BCUT2D eigenvalue weighted by Crippen LogP contribution is -2.49. The fraction of sp³-hybridized carbons (Fsp3) is 0.300. The molecule has 9 nitrogen and oxygen atoms in total. The zero-order chi connectivity index (χ0) is 21.2. The van der Waals surface area contributed by atoms with Gasteiger partial charge in [0, 0.05) is 12.7 Å². The second-order valence-electron chi connectivity index (χ2n) is 6.49. The second-order valence-corrected chi connectivity index (χ2v) is 6.49. The van der Waals surface area contributed by atoms with Crippen LogP contribution >= 0.6 is 0 Å². The van der Waals surface area contributed by atoms with Crippen molar-refractivity contribution in [3.8, 4) is 0 Å². The number of ether oxygens (including phenoxy) is 1. The van der Waals surface area contributed by atoms with Crippen molar-refractivity contribution in [3.63, 3.8) is 0 Å². The Bertz CT molecular complexity index is 844. The highest BCUT2D eigenvalue weighted by atomic mass is 16.6. The molecule has 0 spiro atoms. The van der Waals surface area contributed by atoms with Gasteiger partial charge >= 0.3 is 6.09 Å². The predicted octanol–water partition coefficient (Wildman–Crippen LogP) is 0.881. The number of pyridine rings is 1. The molecule has 2 rings (SSSR count). The molecular formula is C20H25N5O4. The molecular weight excluding hydrogens is 374 g/mol. The number of nitrogens with one attached hydrogen (secondary N) is 2. The minimum Gasteiger partial charge on any atom is -0.436 e. The Balaban J connectivity index is 1.88. The van der Waals surface area contributed by atoms with Crippen molar-refractivity contribution in [1.29, 1.82) is 0 Å². The summed E-state index contributed by atoms with van der Waals surface area (Å²) >= 11 is 0. The molecule has 3 amide bonds. The summed E-state index contributed by atoms with van der Waals surface area (Å²) in [5.74, 6) is -0.631. The first-order valence-corrected chi connectivity index (χ1v) is 9.13. The van der Waals surface area contributed by atoms with E-state index in [1.54, 1.807) is 18.3 Å². The minimum absolute atomic E-state index is 0.237. The number of benzene rings is 1. The molecule has 29 heavy (non-hydrogen) atoms. The van der Waals surface area contributed by atoms with E-state index in [1.807, 2.05) is 30.3 Å². The zero-order valence-electron chi connectivity index (χ0n) is 16.1. The average molecular weight is 399 g/mol. The quantitative estimate of drug-likeness (QED) is 0.492. The average Bonchev–Trinajstić information content (AvgIpc) is 2.69. The maximum atomic E-state index is 12.5. The van der Waals surface area contributed by atoms with E-state index in [2.05, 4.69) is 15.6 Å². The molecule has 0 bridgehead atoms. The van der Waals surface area contributed by atoms with Crippen LogP contribution in [0, 0.1) is 0 Å². The molecule has 0 aliphatic heterocycles. The Kier molecular flexibility index (Phi) is 7.96. The predicted molar refractivity (Wildman–Crippen MR) is 107 cm³/mol. The van der Waals surface area contributed by atoms with Crippen LogP contribution in [0.4, 0.5) is 10.6 Å². The molecule has 0 radical (unpaired) electrons. The molecule has 1 aromatic heterocycles. The summed E-state index contributed by atoms with van der Waals surface area (Å²) in [7, 11) is 0. The van der Waals surface area contributed by atoms with E-state index in [1.165, 1.54) is 6.92 Å². The van der Waals surface area contributed by atoms with Crippen molar-refractivity contribution in [3.05, 3.63) is 59.8 Å². The Labute approximate surface area is 168 Å². The lowest BCUT2D eigenvalue weighted by molar-refractivity contribution is -0.134. The normalized spacial score (nSPS) is 12.4. The number of anilines is 1. The Morgan fingerprint density at radius 1 is 1.10 bits per heavy atom. The third-order valence-corrected chi connectivity index (χ3v) is 4.15. The molecule has 0 saturated carbocycles. The fourth-order valence-electron chi connectivity index (χ4n) is 2.64. The number of hydrogen-bond donors (Lipinski definition) is 4. The molecule has 154 valence electrons. The van der Waals surface area contributed by atoms with E-state index in [-0.39, 0.29) is 13.0 Å². The largest absolute Gasteiger partial charge is 0.436 e. The van der Waals surface area contributed by atoms with E-state index >= 15 is 0 Å². The molecule has 9 heteroatoms. The zero-order valence-corrected chi connectivity index (χ0v) is 16.1. The summed E-state index contributed by atoms with van der Waals surface area (Å²) in [6.45, 7) is 1.77. The van der Waals surface area contributed by atoms with Gasteiger partial charge in [-0.2, -0.15) is 0 Å². The minimum atomic E-state index is -1.09. The number of primary amides is 1. The standard InChI is InChI=1S/C20H25N5O4/c1-13(18(26)24-12-15-9-10-23-17(21)11-15)25-19(27)16(29-20(22)28)8-7-14-5-3-2-4-6-14/h2-6,9-11,13,16H,7-8,12H2,1H3,(H2,21,23)(H2,22,28)(H,24,26)(H,25,27). The molecule has 2 unspecified atom stereocenters. The number of aromatic nitrogens is 1. The number of nitrogens with two attached hydrogens (primary N) is 2. The SMILES string of the molecule is CC(NC(=O)C(CCc1ccccc1)OC(N)=O)C(=O)NCc1ccnc(N)c1. The van der Waals surface area contributed by atoms with E-state index in [4.69, 9.17) is 16.2 Å². The van der Waals surface area contributed by atoms with Gasteiger partial charge in [-0.15, -0.1) is 0 Å². The fourth-order valence-corrected chi connectivity index (χ4v) is 2.64. The molecule has 6 N–H and O–H groups in total. The number of aryl methyl sites for hydroxylation is 1. The summed E-state index contributed by atoms with van der Waals surface area (Å²) in [5, 5.41) is 5.25. The maximum Gasteiger partial charge on any atom is 0.405 e. The number of carbonyl (C=O) groups is 3. The first-order valence-electron chi connectivity index (χ1n) is 9.13. The van der Waals surface area contributed by atoms with Crippen molar-refractivity contribution in [2.75, 3.05) is 5.73 Å². The molecule has 0 aliphatic carbocycles. The van der Waals surface area contributed by atoms with Crippen LogP contribution in [-0.2, 0) is 27.3 Å². The third-order valence-electron chi connectivity index (χ3n) is 4.15. The highest BCUT2D eigenvalue weighted by Gasteiger charge is 2.25. The molecule has 1 heterocycles. The van der Waals surface area contributed by atoms with Crippen LogP contribution in [0.15, 0.2) is 48.7 Å². The van der Waals surface area contributed by atoms with E-state index in [0.717, 1.165) is 11.1 Å². The highest BCUT2D eigenvalue weighted by Crippen LogP contribution is 2.09. The topological polar surface area (TPSA) is 149 Å². The Morgan fingerprint density at radius 3 is 2.48 bits per heavy atom. The van der Waals surface area contributed by atoms with Crippen molar-refractivity contribution in [1.82, 2.24) is 15.6 Å². The number of nitrogen functional groups attached to an aromatic ring is 1. The van der Waals surface area contributed by atoms with E-state index < -0.39 is 30.1 Å². The van der Waals surface area contributed by atoms with Crippen LogP contribution in [0.25, 0.3) is 0 Å². The number of nitrogens with zero attached hydrogens (tertiary/aromatic N) is 1. The van der Waals surface area contributed by atoms with Crippen LogP contribution < -0.4 is 22.1 Å².